The number of hydrogen-bond donors (Lipinski definition) is 0. The van der Waals surface area contributed by atoms with Crippen molar-refractivity contribution in [3.8, 4) is 0 Å². The molecule has 4 heterocycles. The molecule has 0 aliphatic carbocycles. The van der Waals surface area contributed by atoms with Crippen LogP contribution >= 0.6 is 0 Å². The molecule has 5 heteroatoms. The molecule has 5 nitrogen and oxygen atoms in total. The Hall–Kier alpha value is -2.92. The molecule has 2 aromatic carbocycles. The van der Waals surface area contributed by atoms with Crippen molar-refractivity contribution >= 4 is 22.5 Å². The zero-order valence-electron chi connectivity index (χ0n) is 18.0. The predicted molar refractivity (Wildman–Crippen MR) is 123 cm³/mol. The van der Waals surface area contributed by atoms with Crippen molar-refractivity contribution in [2.45, 2.75) is 13.0 Å². The second-order valence-electron chi connectivity index (χ2n) is 9.43. The lowest BCUT2D eigenvalue weighted by atomic mass is 10.0. The van der Waals surface area contributed by atoms with Crippen molar-refractivity contribution in [2.75, 3.05) is 44.7 Å². The number of anilines is 1. The highest BCUT2D eigenvalue weighted by molar-refractivity contribution is 6.03. The average Bonchev–Trinajstić information content (AvgIpc) is 3.43. The maximum Gasteiger partial charge on any atom is 0.256 e. The Balaban J connectivity index is 1.18. The highest BCUT2D eigenvalue weighted by Crippen LogP contribution is 2.38. The lowest BCUT2D eigenvalue weighted by molar-refractivity contribution is 0.0780. The van der Waals surface area contributed by atoms with E-state index in [1.165, 1.54) is 18.7 Å². The molecule has 2 atom stereocenters. The Kier molecular flexibility index (Phi) is 4.46. The van der Waals surface area contributed by atoms with Crippen LogP contribution in [0.2, 0.25) is 0 Å². The number of pyridine rings is 1. The van der Waals surface area contributed by atoms with E-state index in [0.717, 1.165) is 59.2 Å². The van der Waals surface area contributed by atoms with Crippen molar-refractivity contribution in [3.05, 3.63) is 71.4 Å². The second-order valence-corrected chi connectivity index (χ2v) is 9.43. The summed E-state index contributed by atoms with van der Waals surface area (Å²) in [6, 6.07) is 18.8. The summed E-state index contributed by atoms with van der Waals surface area (Å²) in [5, 5.41) is 1.15. The molecule has 0 radical (unpaired) electrons. The van der Waals surface area contributed by atoms with Crippen LogP contribution in [0, 0.1) is 11.8 Å². The number of likely N-dealkylation sites (tertiary alicyclic amines) is 1. The summed E-state index contributed by atoms with van der Waals surface area (Å²) in [5.41, 5.74) is 5.30. The second kappa shape index (κ2) is 7.34. The summed E-state index contributed by atoms with van der Waals surface area (Å²) in [5.74, 6) is 1.64. The van der Waals surface area contributed by atoms with Gasteiger partial charge in [-0.25, -0.2) is 0 Å². The van der Waals surface area contributed by atoms with Gasteiger partial charge < -0.3 is 14.7 Å². The van der Waals surface area contributed by atoms with E-state index in [4.69, 9.17) is 4.98 Å². The molecule has 3 aliphatic rings. The fourth-order valence-corrected chi connectivity index (χ4v) is 5.77. The smallest absolute Gasteiger partial charge is 0.256 e. The van der Waals surface area contributed by atoms with E-state index in [-0.39, 0.29) is 5.91 Å². The zero-order valence-corrected chi connectivity index (χ0v) is 18.0. The van der Waals surface area contributed by atoms with E-state index in [2.05, 4.69) is 53.2 Å². The van der Waals surface area contributed by atoms with Crippen molar-refractivity contribution in [1.82, 2.24) is 14.8 Å². The van der Waals surface area contributed by atoms with Crippen molar-refractivity contribution in [1.29, 1.82) is 0 Å². The van der Waals surface area contributed by atoms with Crippen LogP contribution in [0.4, 0.5) is 5.69 Å². The van der Waals surface area contributed by atoms with Crippen LogP contribution in [0.25, 0.3) is 10.9 Å². The number of carbonyl (C=O) groups is 1. The van der Waals surface area contributed by atoms with Crippen LogP contribution < -0.4 is 4.90 Å². The Morgan fingerprint density at radius 2 is 1.74 bits per heavy atom. The van der Waals surface area contributed by atoms with Gasteiger partial charge in [0.1, 0.15) is 0 Å². The molecule has 0 spiro atoms. The first kappa shape index (κ1) is 18.8. The molecule has 6 rings (SSSR count). The number of aromatic nitrogens is 1. The lowest BCUT2D eigenvalue weighted by Gasteiger charge is -2.23. The van der Waals surface area contributed by atoms with E-state index < -0.39 is 0 Å². The molecule has 3 aliphatic heterocycles. The molecule has 2 saturated heterocycles. The van der Waals surface area contributed by atoms with Crippen LogP contribution in [-0.2, 0) is 13.0 Å². The maximum atomic E-state index is 13.4. The molecule has 0 saturated carbocycles. The lowest BCUT2D eigenvalue weighted by Crippen LogP contribution is -2.29. The summed E-state index contributed by atoms with van der Waals surface area (Å²) in [6.45, 7) is 5.90. The standard InChI is InChI=1S/C26H28N4O/c1-28-13-20-16-30(17-21(20)14-28)24-8-4-6-19-15-29(26(31)25(19)24)12-11-22-10-9-18-5-2-3-7-23(18)27-22/h2-10,20-21H,11-17H2,1H3. The molecule has 158 valence electrons. The van der Waals surface area contributed by atoms with Gasteiger partial charge in [0.2, 0.25) is 0 Å². The molecule has 31 heavy (non-hydrogen) atoms. The van der Waals surface area contributed by atoms with E-state index >= 15 is 0 Å². The zero-order chi connectivity index (χ0) is 20.9. The third-order valence-corrected chi connectivity index (χ3v) is 7.29. The highest BCUT2D eigenvalue weighted by atomic mass is 16.2. The Labute approximate surface area is 183 Å². The van der Waals surface area contributed by atoms with E-state index in [0.29, 0.717) is 13.1 Å². The summed E-state index contributed by atoms with van der Waals surface area (Å²) in [6.07, 6.45) is 0.778. The summed E-state index contributed by atoms with van der Waals surface area (Å²) < 4.78 is 0. The molecule has 1 amide bonds. The number of benzene rings is 2. The third-order valence-electron chi connectivity index (χ3n) is 7.29. The van der Waals surface area contributed by atoms with Gasteiger partial charge in [-0.2, -0.15) is 0 Å². The van der Waals surface area contributed by atoms with Crippen LogP contribution in [0.15, 0.2) is 54.6 Å². The minimum absolute atomic E-state index is 0.181. The monoisotopic (exact) mass is 412 g/mol. The number of amides is 1. The van der Waals surface area contributed by atoms with Crippen LogP contribution in [0.1, 0.15) is 21.6 Å². The highest BCUT2D eigenvalue weighted by Gasteiger charge is 2.41. The number of para-hydroxylation sites is 1. The fraction of sp³-hybridized carbons (Fsp3) is 0.385. The molecule has 1 aromatic heterocycles. The first-order chi connectivity index (χ1) is 15.2. The molecular weight excluding hydrogens is 384 g/mol. The fourth-order valence-electron chi connectivity index (χ4n) is 5.77. The normalized spacial score (nSPS) is 23.1. The van der Waals surface area contributed by atoms with Gasteiger partial charge in [-0.15, -0.1) is 0 Å². The van der Waals surface area contributed by atoms with Gasteiger partial charge in [0, 0.05) is 62.5 Å². The number of fused-ring (bicyclic) bond motifs is 3. The summed E-state index contributed by atoms with van der Waals surface area (Å²) >= 11 is 0. The van der Waals surface area contributed by atoms with Crippen LogP contribution in [-0.4, -0.2) is 60.5 Å². The van der Waals surface area contributed by atoms with Crippen molar-refractivity contribution < 1.29 is 4.79 Å². The largest absolute Gasteiger partial charge is 0.370 e. The first-order valence-electron chi connectivity index (χ1n) is 11.3. The Morgan fingerprint density at radius 1 is 0.935 bits per heavy atom. The minimum Gasteiger partial charge on any atom is -0.370 e. The molecule has 2 fully saturated rings. The van der Waals surface area contributed by atoms with E-state index in [9.17, 15) is 4.79 Å². The van der Waals surface area contributed by atoms with Crippen molar-refractivity contribution in [3.63, 3.8) is 0 Å². The van der Waals surface area contributed by atoms with Crippen LogP contribution in [0.3, 0.4) is 0 Å². The summed E-state index contributed by atoms with van der Waals surface area (Å²) in [7, 11) is 2.22. The van der Waals surface area contributed by atoms with Gasteiger partial charge >= 0.3 is 0 Å². The maximum absolute atomic E-state index is 13.4. The number of hydrogen-bond acceptors (Lipinski definition) is 4. The average molecular weight is 413 g/mol. The minimum atomic E-state index is 0.181. The predicted octanol–water partition coefficient (Wildman–Crippen LogP) is 3.43. The topological polar surface area (TPSA) is 39.7 Å². The Bertz CT molecular complexity index is 1150. The quantitative estimate of drug-likeness (QED) is 0.658. The van der Waals surface area contributed by atoms with Gasteiger partial charge in [0.05, 0.1) is 11.1 Å². The van der Waals surface area contributed by atoms with Crippen LogP contribution in [0.5, 0.6) is 0 Å². The van der Waals surface area contributed by atoms with Crippen molar-refractivity contribution in [2.24, 2.45) is 11.8 Å². The first-order valence-corrected chi connectivity index (χ1v) is 11.3. The Morgan fingerprint density at radius 3 is 2.58 bits per heavy atom. The van der Waals surface area contributed by atoms with Gasteiger partial charge in [-0.3, -0.25) is 9.78 Å². The third kappa shape index (κ3) is 3.28. The summed E-state index contributed by atoms with van der Waals surface area (Å²) in [4.78, 5) is 25.1. The van der Waals surface area contributed by atoms with E-state index in [1.54, 1.807) is 0 Å². The van der Waals surface area contributed by atoms with E-state index in [1.807, 2.05) is 23.1 Å². The number of carbonyl (C=O) groups excluding carboxylic acids is 1. The number of rotatable bonds is 4. The molecular formula is C26H28N4O. The SMILES string of the molecule is CN1CC2CN(c3cccc4c3C(=O)N(CCc3ccc5ccccc5n3)C4)CC2C1. The molecule has 0 bridgehead atoms. The van der Waals surface area contributed by atoms with Gasteiger partial charge in [0.15, 0.2) is 0 Å². The molecule has 0 N–H and O–H groups in total. The molecule has 3 aromatic rings. The van der Waals surface area contributed by atoms with Gasteiger partial charge in [-0.05, 0) is 42.6 Å². The van der Waals surface area contributed by atoms with Gasteiger partial charge in [0.25, 0.3) is 5.91 Å². The van der Waals surface area contributed by atoms with Gasteiger partial charge in [-0.1, -0.05) is 36.4 Å². The molecule has 2 unspecified atom stereocenters. The number of nitrogens with zero attached hydrogens (tertiary/aromatic N) is 4.